The molecule has 0 spiro atoms. The van der Waals surface area contributed by atoms with E-state index in [0.717, 1.165) is 11.1 Å². The fourth-order valence-electron chi connectivity index (χ4n) is 5.62. The van der Waals surface area contributed by atoms with Crippen LogP contribution >= 0.6 is 99.9 Å². The SMILES string of the molecule is C=S(C)(=O)NC(C)(C)C(=O)NC(C)(C)C(C)(C)c1ccc(O)c(OC)c1.C=S(C)(=O)NC(C)(C)C(=O)NC(C)(C)C(C)(C)c1ccc(OC(C)(C)C)c(OC)c1.C[C-](C)C.[I][V]([I])[I].[I][V][I].[Y]. The van der Waals surface area contributed by atoms with Gasteiger partial charge in [0.1, 0.15) is 16.7 Å². The quantitative estimate of drug-likeness (QED) is 0.0668. The first-order valence-corrected chi connectivity index (χ1v) is 47.5. The molecule has 394 valence electrons. The number of rotatable bonds is 15. The third-order valence-electron chi connectivity index (χ3n) is 10.3. The first-order chi connectivity index (χ1) is 29.6. The summed E-state index contributed by atoms with van der Waals surface area (Å²) in [7, 11) is -1.34. The van der Waals surface area contributed by atoms with E-state index in [1.807, 2.05) is 86.6 Å². The summed E-state index contributed by atoms with van der Waals surface area (Å²) in [5, 5.41) is 16.0. The third-order valence-corrected chi connectivity index (χ3v) is 12.1. The number of benzene rings is 2. The largest absolute Gasteiger partial charge is 0 e. The molecule has 22 heteroatoms. The van der Waals surface area contributed by atoms with Crippen molar-refractivity contribution >= 4 is 143 Å². The Balaban J connectivity index is -0.000000491. The second-order valence-electron chi connectivity index (χ2n) is 20.6. The van der Waals surface area contributed by atoms with Gasteiger partial charge in [0.05, 0.1) is 14.2 Å². The number of halogens is 5. The Kier molecular flexibility index (Phi) is 36.5. The molecule has 2 amide bonds. The Labute approximate surface area is 505 Å². The molecule has 0 fully saturated rings. The van der Waals surface area contributed by atoms with Crippen molar-refractivity contribution in [2.75, 3.05) is 26.7 Å². The summed E-state index contributed by atoms with van der Waals surface area (Å²) in [6.45, 7) is 34.9. The fraction of sp³-hybridized carbons (Fsp3) is 0.630. The molecule has 2 aromatic rings. The monoisotopic (exact) mass is 1710 g/mol. The molecule has 0 aromatic heterocycles. The van der Waals surface area contributed by atoms with Crippen LogP contribution in [-0.2, 0) is 86.9 Å². The van der Waals surface area contributed by atoms with Gasteiger partial charge in [0.2, 0.25) is 11.8 Å². The van der Waals surface area contributed by atoms with E-state index in [4.69, 9.17) is 14.2 Å². The molecule has 2 atom stereocenters. The minimum Gasteiger partial charge on any atom is 0 e. The summed E-state index contributed by atoms with van der Waals surface area (Å²) >= 11 is 12.1. The van der Waals surface area contributed by atoms with Crippen molar-refractivity contribution in [3.63, 3.8) is 0 Å². The molecule has 0 heterocycles. The zero-order chi connectivity index (χ0) is 54.2. The molecule has 0 saturated carbocycles. The predicted molar refractivity (Wildman–Crippen MR) is 326 cm³/mol. The van der Waals surface area contributed by atoms with Crippen LogP contribution in [0.2, 0.25) is 0 Å². The standard InChI is InChI=1S/C23H40N2O4S.C19H32N2O4S.C4H9.5HI.2V.Y/c1-20(2,3)29-17-14-13-16(15-18(17)28-10)21(4,5)23(8,9)24-19(26)22(6,7)25-30(11,12)27;1-17(2,13-10-11-14(22)15(12-13)25-7)19(5,6)20-16(23)18(3,4)21-26(8,9)24;1-4(2)3;;;;;;;;/h13-15H,11H2,1-10,12H3,(H,24,26)(H,25,27);10-12,22H,8H2,1-7,9H3,(H,20,23)(H,21,24);1-3H3;5*1H;;;/q;;-1;;;;;;+2;+3;/p-5. The van der Waals surface area contributed by atoms with Gasteiger partial charge >= 0.3 is 114 Å². The fourth-order valence-corrected chi connectivity index (χ4v) is 7.97. The average Bonchev–Trinajstić information content (AvgIpc) is 3.08. The van der Waals surface area contributed by atoms with Gasteiger partial charge in [0.15, 0.2) is 23.0 Å². The van der Waals surface area contributed by atoms with Crippen molar-refractivity contribution in [3.05, 3.63) is 53.4 Å². The number of hydrogen-bond acceptors (Lipinski definition) is 8. The van der Waals surface area contributed by atoms with Crippen LogP contribution in [0, 0.1) is 5.92 Å². The van der Waals surface area contributed by atoms with Crippen molar-refractivity contribution in [1.82, 2.24) is 20.1 Å². The second kappa shape index (κ2) is 32.3. The van der Waals surface area contributed by atoms with Crippen LogP contribution in [-0.4, -0.2) is 91.6 Å². The number of carbonyl (C=O) groups excluding carboxylic acids is 2. The van der Waals surface area contributed by atoms with Crippen LogP contribution in [0.4, 0.5) is 0 Å². The molecular weight excluding hydrogens is 1630 g/mol. The van der Waals surface area contributed by atoms with Crippen molar-refractivity contribution < 1.29 is 84.4 Å². The van der Waals surface area contributed by atoms with Gasteiger partial charge in [-0.25, -0.2) is 9.44 Å². The summed E-state index contributed by atoms with van der Waals surface area (Å²) in [6, 6.07) is 11.0. The molecule has 2 aromatic carbocycles. The number of amides is 2. The Morgan fingerprint density at radius 2 is 0.926 bits per heavy atom. The number of phenols is 1. The van der Waals surface area contributed by atoms with Crippen LogP contribution < -0.4 is 34.3 Å². The van der Waals surface area contributed by atoms with Crippen LogP contribution in [0.3, 0.4) is 0 Å². The molecule has 0 saturated heterocycles. The van der Waals surface area contributed by atoms with Crippen LogP contribution in [0.25, 0.3) is 0 Å². The Morgan fingerprint density at radius 3 is 1.19 bits per heavy atom. The van der Waals surface area contributed by atoms with Gasteiger partial charge < -0.3 is 35.9 Å². The molecule has 0 aliphatic heterocycles. The number of carbonyl (C=O) groups is 2. The van der Waals surface area contributed by atoms with Gasteiger partial charge in [-0.15, -0.1) is 0 Å². The van der Waals surface area contributed by atoms with Gasteiger partial charge in [0, 0.05) is 86.5 Å². The normalized spacial score (nSPS) is 13.8. The van der Waals surface area contributed by atoms with Gasteiger partial charge in [-0.3, -0.25) is 18.0 Å². The Bertz CT molecular complexity index is 2090. The van der Waals surface area contributed by atoms with E-state index < -0.39 is 52.4 Å². The number of hydrogen-bond donors (Lipinski definition) is 5. The summed E-state index contributed by atoms with van der Waals surface area (Å²) in [5.41, 5.74) is -2.76. The van der Waals surface area contributed by atoms with E-state index in [-0.39, 0.29) is 60.8 Å². The molecule has 2 unspecified atom stereocenters. The summed E-state index contributed by atoms with van der Waals surface area (Å²) in [4.78, 5) is 25.5. The first kappa shape index (κ1) is 77.0. The first-order valence-electron chi connectivity index (χ1n) is 20.7. The van der Waals surface area contributed by atoms with Crippen LogP contribution in [0.15, 0.2) is 36.4 Å². The topological polar surface area (TPSA) is 164 Å². The Hall–Kier alpha value is 2.46. The number of phenolic OH excluding ortho intramolecular Hbond substituents is 1. The van der Waals surface area contributed by atoms with Crippen molar-refractivity contribution in [1.29, 1.82) is 0 Å². The van der Waals surface area contributed by atoms with Crippen LogP contribution in [0.1, 0.15) is 136 Å². The van der Waals surface area contributed by atoms with Gasteiger partial charge in [0.25, 0.3) is 0 Å². The number of nitrogens with one attached hydrogen (secondary N) is 4. The number of methoxy groups -OCH3 is 2. The summed E-state index contributed by atoms with van der Waals surface area (Å²) < 4.78 is 46.4. The Morgan fingerprint density at radius 1 is 0.647 bits per heavy atom. The zero-order valence-corrected chi connectivity index (χ0v) is 62.4. The molecule has 2 rings (SSSR count). The van der Waals surface area contributed by atoms with Crippen molar-refractivity contribution in [2.24, 2.45) is 0 Å². The maximum atomic E-state index is 13.0. The second-order valence-corrected chi connectivity index (χ2v) is 72.2. The smallest absolute Gasteiger partial charge is 0 e. The number of aromatic hydroxyl groups is 1. The molecule has 68 heavy (non-hydrogen) atoms. The molecule has 0 aliphatic carbocycles. The van der Waals surface area contributed by atoms with E-state index in [1.54, 1.807) is 46.9 Å². The van der Waals surface area contributed by atoms with E-state index in [1.165, 1.54) is 25.5 Å². The van der Waals surface area contributed by atoms with E-state index in [9.17, 15) is 23.1 Å². The minimum absolute atomic E-state index is 0. The maximum Gasteiger partial charge on any atom is 0 e. The molecule has 0 aliphatic rings. The molecule has 1 radical (unpaired) electrons. The van der Waals surface area contributed by atoms with Crippen molar-refractivity contribution in [2.45, 2.75) is 163 Å². The molecule has 0 bridgehead atoms. The maximum absolute atomic E-state index is 13.0. The van der Waals surface area contributed by atoms with E-state index >= 15 is 0 Å². The van der Waals surface area contributed by atoms with Crippen molar-refractivity contribution in [3.8, 4) is 23.0 Å². The van der Waals surface area contributed by atoms with E-state index in [0.29, 0.717) is 26.7 Å². The van der Waals surface area contributed by atoms with Gasteiger partial charge in [-0.05, 0) is 123 Å². The molecular formula is C46H81I5N4O8S2V2Y-. The van der Waals surface area contributed by atoms with E-state index in [2.05, 4.69) is 166 Å². The predicted octanol–water partition coefficient (Wildman–Crippen LogP) is 11.9. The summed E-state index contributed by atoms with van der Waals surface area (Å²) in [5.74, 6) is 9.79. The number of ether oxygens (including phenoxy) is 3. The minimum atomic E-state index is -2.54. The third kappa shape index (κ3) is 30.3. The zero-order valence-electron chi connectivity index (χ0n) is 44.4. The van der Waals surface area contributed by atoms with Gasteiger partial charge in [-0.1, -0.05) is 39.8 Å². The average molecular weight is 1710 g/mol. The molecule has 5 N–H and O–H groups in total. The van der Waals surface area contributed by atoms with Gasteiger partial charge in [-0.2, -0.15) is 20.8 Å². The molecule has 12 nitrogen and oxygen atoms in total. The summed E-state index contributed by atoms with van der Waals surface area (Å²) in [6.07, 6.45) is 2.93. The van der Waals surface area contributed by atoms with Crippen LogP contribution in [0.5, 0.6) is 23.0 Å².